The van der Waals surface area contributed by atoms with Gasteiger partial charge >= 0.3 is 12.2 Å². The maximum absolute atomic E-state index is 14.5. The van der Waals surface area contributed by atoms with Gasteiger partial charge in [0.15, 0.2) is 0 Å². The number of likely N-dealkylation sites (tertiary alicyclic amines) is 1. The summed E-state index contributed by atoms with van der Waals surface area (Å²) in [6.45, 7) is 0.337. The number of amides is 5. The van der Waals surface area contributed by atoms with Gasteiger partial charge < -0.3 is 15.1 Å². The number of imide groups is 1. The van der Waals surface area contributed by atoms with Crippen LogP contribution in [0, 0.1) is 11.7 Å². The number of benzene rings is 2. The quantitative estimate of drug-likeness (QED) is 0.313. The first-order valence-corrected chi connectivity index (χ1v) is 15.1. The van der Waals surface area contributed by atoms with Crippen LogP contribution in [-0.2, 0) is 22.3 Å². The highest BCUT2D eigenvalue weighted by molar-refractivity contribution is 6.07. The predicted octanol–water partition coefficient (Wildman–Crippen LogP) is 4.53. The molecule has 2 saturated heterocycles. The van der Waals surface area contributed by atoms with Gasteiger partial charge in [-0.25, -0.2) is 9.18 Å². The minimum absolute atomic E-state index is 0.0996. The third kappa shape index (κ3) is 5.64. The van der Waals surface area contributed by atoms with Crippen molar-refractivity contribution in [2.45, 2.75) is 62.8 Å². The van der Waals surface area contributed by atoms with Crippen molar-refractivity contribution in [3.05, 3.63) is 71.3 Å². The Morgan fingerprint density at radius 1 is 1.00 bits per heavy atom. The summed E-state index contributed by atoms with van der Waals surface area (Å²) in [4.78, 5) is 66.6. The van der Waals surface area contributed by atoms with Crippen molar-refractivity contribution in [1.82, 2.24) is 30.0 Å². The molecular formula is C32H32F4N6O4. The Labute approximate surface area is 261 Å². The van der Waals surface area contributed by atoms with Gasteiger partial charge in [0, 0.05) is 39.1 Å². The molecule has 3 heterocycles. The lowest BCUT2D eigenvalue weighted by Crippen LogP contribution is -2.60. The van der Waals surface area contributed by atoms with Crippen molar-refractivity contribution in [2.24, 2.45) is 5.92 Å². The van der Waals surface area contributed by atoms with E-state index in [0.717, 1.165) is 23.3 Å². The molecule has 0 bridgehead atoms. The summed E-state index contributed by atoms with van der Waals surface area (Å²) in [5, 5.41) is 2.54. The molecule has 2 aromatic carbocycles. The summed E-state index contributed by atoms with van der Waals surface area (Å²) in [5.41, 5.74) is -1.07. The number of hydrogen-bond acceptors (Lipinski definition) is 6. The van der Waals surface area contributed by atoms with Crippen molar-refractivity contribution in [3.63, 3.8) is 0 Å². The Kier molecular flexibility index (Phi) is 8.15. The third-order valence-electron chi connectivity index (χ3n) is 9.48. The zero-order chi connectivity index (χ0) is 32.8. The van der Waals surface area contributed by atoms with Gasteiger partial charge in [0.1, 0.15) is 17.4 Å². The first-order chi connectivity index (χ1) is 21.9. The van der Waals surface area contributed by atoms with Crippen LogP contribution >= 0.6 is 0 Å². The number of halogens is 4. The largest absolute Gasteiger partial charge is 0.416 e. The van der Waals surface area contributed by atoms with E-state index in [1.54, 1.807) is 18.5 Å². The lowest BCUT2D eigenvalue weighted by molar-refractivity contribution is -0.142. The average Bonchev–Trinajstić information content (AvgIpc) is 3.63. The molecule has 1 N–H and O–H groups in total. The maximum Gasteiger partial charge on any atom is 0.416 e. The van der Waals surface area contributed by atoms with Crippen LogP contribution in [-0.4, -0.2) is 80.1 Å². The molecular weight excluding hydrogens is 608 g/mol. The van der Waals surface area contributed by atoms with E-state index in [1.165, 1.54) is 16.8 Å². The molecule has 46 heavy (non-hydrogen) atoms. The number of nitrogens with one attached hydrogen (secondary N) is 1. The monoisotopic (exact) mass is 640 g/mol. The number of hydrogen-bond donors (Lipinski definition) is 1. The minimum atomic E-state index is -4.78. The van der Waals surface area contributed by atoms with Crippen LogP contribution in [0.1, 0.15) is 60.0 Å². The fourth-order valence-corrected chi connectivity index (χ4v) is 6.93. The van der Waals surface area contributed by atoms with Crippen LogP contribution in [0.3, 0.4) is 0 Å². The highest BCUT2D eigenvalue weighted by Gasteiger charge is 2.57. The van der Waals surface area contributed by atoms with Gasteiger partial charge in [0.05, 0.1) is 22.2 Å². The van der Waals surface area contributed by atoms with Crippen molar-refractivity contribution < 1.29 is 36.7 Å². The van der Waals surface area contributed by atoms with Gasteiger partial charge in [-0.3, -0.25) is 29.3 Å². The normalized spacial score (nSPS) is 19.4. The van der Waals surface area contributed by atoms with E-state index in [0.29, 0.717) is 42.1 Å². The predicted molar refractivity (Wildman–Crippen MR) is 156 cm³/mol. The molecule has 5 amide bonds. The first-order valence-electron chi connectivity index (χ1n) is 15.1. The standard InChI is InChI=1S/C32H32F4N6O4/c1-40-29(45)31(42(30(40)46)18-19-6-9-24-25(16-19)38-13-12-37-24)10-14-41(15-11-31)28(44)26(20-4-2-3-5-20)39-27(43)22-17-21(32(34,35)36)7-8-23(22)33/h6-9,12-13,16-17,20,26H,2-5,10-11,14-15,18H2,1H3,(H,39,43). The van der Waals surface area contributed by atoms with Crippen molar-refractivity contribution in [1.29, 1.82) is 0 Å². The molecule has 1 unspecified atom stereocenters. The topological polar surface area (TPSA) is 116 Å². The molecule has 0 radical (unpaired) electrons. The fraction of sp³-hybridized carbons (Fsp3) is 0.438. The van der Waals surface area contributed by atoms with E-state index in [1.807, 2.05) is 12.1 Å². The number of likely N-dealkylation sites (N-methyl/N-ethyl adjacent to an activating group) is 1. The molecule has 1 saturated carbocycles. The van der Waals surface area contributed by atoms with E-state index < -0.39 is 52.5 Å². The number of alkyl halides is 3. The van der Waals surface area contributed by atoms with Crippen LogP contribution in [0.2, 0.25) is 0 Å². The molecule has 10 nitrogen and oxygen atoms in total. The van der Waals surface area contributed by atoms with Crippen LogP contribution in [0.5, 0.6) is 0 Å². The molecule has 242 valence electrons. The highest BCUT2D eigenvalue weighted by atomic mass is 19.4. The second-order valence-corrected chi connectivity index (χ2v) is 12.2. The van der Waals surface area contributed by atoms with Crippen LogP contribution in [0.25, 0.3) is 11.0 Å². The summed E-state index contributed by atoms with van der Waals surface area (Å²) in [7, 11) is 1.42. The van der Waals surface area contributed by atoms with E-state index in [9.17, 15) is 36.7 Å². The fourth-order valence-electron chi connectivity index (χ4n) is 6.93. The lowest BCUT2D eigenvalue weighted by Gasteiger charge is -2.43. The Balaban J connectivity index is 1.20. The lowest BCUT2D eigenvalue weighted by atomic mass is 9.84. The van der Waals surface area contributed by atoms with Crippen LogP contribution < -0.4 is 5.32 Å². The van der Waals surface area contributed by atoms with E-state index in [4.69, 9.17) is 0 Å². The van der Waals surface area contributed by atoms with Gasteiger partial charge in [-0.1, -0.05) is 18.9 Å². The highest BCUT2D eigenvalue weighted by Crippen LogP contribution is 2.39. The van der Waals surface area contributed by atoms with Crippen molar-refractivity contribution >= 4 is 34.8 Å². The summed E-state index contributed by atoms with van der Waals surface area (Å²) >= 11 is 0. The number of urea groups is 1. The van der Waals surface area contributed by atoms with Gasteiger partial charge in [-0.05, 0) is 67.5 Å². The molecule has 2 aliphatic heterocycles. The molecule has 6 rings (SSSR count). The van der Waals surface area contributed by atoms with Crippen molar-refractivity contribution in [2.75, 3.05) is 20.1 Å². The van der Waals surface area contributed by atoms with E-state index in [-0.39, 0.29) is 44.3 Å². The number of carbonyl (C=O) groups is 4. The Bertz CT molecular complexity index is 1700. The summed E-state index contributed by atoms with van der Waals surface area (Å²) < 4.78 is 54.4. The van der Waals surface area contributed by atoms with Crippen LogP contribution in [0.15, 0.2) is 48.8 Å². The van der Waals surface area contributed by atoms with Gasteiger partial charge in [-0.2, -0.15) is 13.2 Å². The number of carbonyl (C=O) groups excluding carboxylic acids is 4. The third-order valence-corrected chi connectivity index (χ3v) is 9.48. The number of fused-ring (bicyclic) bond motifs is 1. The summed E-state index contributed by atoms with van der Waals surface area (Å²) in [6, 6.07) is 5.47. The number of rotatable bonds is 6. The summed E-state index contributed by atoms with van der Waals surface area (Å²) in [6.07, 6.45) is 1.50. The smallest absolute Gasteiger partial charge is 0.341 e. The maximum atomic E-state index is 14.5. The Hall–Kier alpha value is -4.62. The van der Waals surface area contributed by atoms with Gasteiger partial charge in [0.2, 0.25) is 5.91 Å². The second kappa shape index (κ2) is 12.0. The average molecular weight is 641 g/mol. The molecule has 3 aromatic rings. The Morgan fingerprint density at radius 3 is 2.35 bits per heavy atom. The van der Waals surface area contributed by atoms with Gasteiger partial charge in [-0.15, -0.1) is 0 Å². The van der Waals surface area contributed by atoms with Crippen LogP contribution in [0.4, 0.5) is 22.4 Å². The molecule has 1 atom stereocenters. The molecule has 1 spiro atoms. The summed E-state index contributed by atoms with van der Waals surface area (Å²) in [5.74, 6) is -3.34. The number of nitrogens with zero attached hydrogens (tertiary/aromatic N) is 5. The molecule has 1 aliphatic carbocycles. The molecule has 14 heteroatoms. The van der Waals surface area contributed by atoms with E-state index in [2.05, 4.69) is 15.3 Å². The minimum Gasteiger partial charge on any atom is -0.341 e. The molecule has 3 aliphatic rings. The van der Waals surface area contributed by atoms with E-state index >= 15 is 0 Å². The first kappa shape index (κ1) is 31.4. The van der Waals surface area contributed by atoms with Gasteiger partial charge in [0.25, 0.3) is 11.8 Å². The van der Waals surface area contributed by atoms with Crippen molar-refractivity contribution in [3.8, 4) is 0 Å². The second-order valence-electron chi connectivity index (χ2n) is 12.2. The number of piperidine rings is 1. The zero-order valence-electron chi connectivity index (χ0n) is 25.0. The molecule has 3 fully saturated rings. The number of aromatic nitrogens is 2. The zero-order valence-corrected chi connectivity index (χ0v) is 25.0. The molecule has 1 aromatic heterocycles. The SMILES string of the molecule is CN1C(=O)N(Cc2ccc3nccnc3c2)C2(CCN(C(=O)C(NC(=O)c3cc(C(F)(F)F)ccc3F)C3CCCC3)CC2)C1=O. The Morgan fingerprint density at radius 2 is 1.67 bits per heavy atom.